The van der Waals surface area contributed by atoms with Gasteiger partial charge in [-0.3, -0.25) is 4.79 Å². The van der Waals surface area contributed by atoms with Gasteiger partial charge < -0.3 is 15.5 Å². The summed E-state index contributed by atoms with van der Waals surface area (Å²) in [4.78, 5) is 26.5. The summed E-state index contributed by atoms with van der Waals surface area (Å²) < 4.78 is 13.6. The molecule has 1 saturated carbocycles. The van der Waals surface area contributed by atoms with E-state index in [9.17, 15) is 14.0 Å². The van der Waals surface area contributed by atoms with E-state index in [1.54, 1.807) is 12.1 Å². The van der Waals surface area contributed by atoms with E-state index in [1.165, 1.54) is 6.07 Å². The van der Waals surface area contributed by atoms with Gasteiger partial charge in [0.15, 0.2) is 5.78 Å². The number of carbonyl (C=O) groups is 2. The van der Waals surface area contributed by atoms with Crippen molar-refractivity contribution in [2.24, 2.45) is 17.8 Å². The fourth-order valence-electron chi connectivity index (χ4n) is 4.74. The smallest absolute Gasteiger partial charge is 0.315 e. The van der Waals surface area contributed by atoms with E-state index in [0.29, 0.717) is 30.7 Å². The second kappa shape index (κ2) is 6.82. The number of benzene rings is 1. The molecule has 2 amide bonds. The minimum absolute atomic E-state index is 0.0196. The van der Waals surface area contributed by atoms with E-state index in [2.05, 4.69) is 22.5 Å². The second-order valence-corrected chi connectivity index (χ2v) is 8.02. The highest BCUT2D eigenvalue weighted by molar-refractivity contribution is 6.30. The number of urea groups is 1. The first-order valence-electron chi connectivity index (χ1n) is 9.22. The predicted molar refractivity (Wildman–Crippen MR) is 96.7 cm³/mol. The van der Waals surface area contributed by atoms with Gasteiger partial charge in [-0.15, -0.1) is 0 Å². The van der Waals surface area contributed by atoms with E-state index in [1.807, 2.05) is 0 Å². The number of likely N-dealkylation sites (tertiary alicyclic amines) is 1. The van der Waals surface area contributed by atoms with Crippen molar-refractivity contribution in [1.29, 1.82) is 0 Å². The van der Waals surface area contributed by atoms with Gasteiger partial charge in [0.05, 0.1) is 5.02 Å². The highest BCUT2D eigenvalue weighted by atomic mass is 35.5. The van der Waals surface area contributed by atoms with Gasteiger partial charge in [-0.05, 0) is 47.9 Å². The van der Waals surface area contributed by atoms with Crippen LogP contribution in [0.3, 0.4) is 0 Å². The molecule has 1 aliphatic carbocycles. The lowest BCUT2D eigenvalue weighted by Crippen LogP contribution is -2.36. The molecule has 2 N–H and O–H groups in total. The number of Topliss-reactive ketones (excluding diaryl/α,β-unsaturated/α-hetero) is 1. The molecule has 2 saturated heterocycles. The summed E-state index contributed by atoms with van der Waals surface area (Å²) in [6, 6.07) is 4.01. The number of amides is 2. The molecule has 0 bridgehead atoms. The zero-order valence-electron chi connectivity index (χ0n) is 14.7. The Kier molecular flexibility index (Phi) is 4.65. The molecular formula is C19H23ClFN3O2. The topological polar surface area (TPSA) is 61.4 Å². The van der Waals surface area contributed by atoms with Gasteiger partial charge in [0.25, 0.3) is 0 Å². The van der Waals surface area contributed by atoms with Crippen LogP contribution in [0.15, 0.2) is 18.2 Å². The molecule has 1 aromatic rings. The van der Waals surface area contributed by atoms with Crippen molar-refractivity contribution in [3.05, 3.63) is 34.6 Å². The van der Waals surface area contributed by atoms with Crippen LogP contribution in [-0.2, 0) is 4.79 Å². The number of ketones is 1. The maximum Gasteiger partial charge on any atom is 0.315 e. The van der Waals surface area contributed by atoms with Gasteiger partial charge >= 0.3 is 6.03 Å². The summed E-state index contributed by atoms with van der Waals surface area (Å²) >= 11 is 6.00. The van der Waals surface area contributed by atoms with Crippen molar-refractivity contribution >= 4 is 23.4 Å². The van der Waals surface area contributed by atoms with Crippen LogP contribution in [-0.4, -0.2) is 48.9 Å². The molecule has 4 atom stereocenters. The first-order valence-corrected chi connectivity index (χ1v) is 9.60. The van der Waals surface area contributed by atoms with Gasteiger partial charge in [-0.2, -0.15) is 0 Å². The quantitative estimate of drug-likeness (QED) is 0.797. The molecule has 7 heteroatoms. The van der Waals surface area contributed by atoms with Crippen LogP contribution < -0.4 is 10.6 Å². The molecule has 2 aliphatic heterocycles. The number of nitrogens with zero attached hydrogens (tertiary/aromatic N) is 1. The Morgan fingerprint density at radius 1 is 1.38 bits per heavy atom. The Morgan fingerprint density at radius 3 is 2.69 bits per heavy atom. The number of rotatable bonds is 6. The SMILES string of the molecule is CCN1CC2C(C1)C2C(CC(=O)[C@@H]1CNC(=O)N1)c1ccc(F)c(Cl)c1. The standard InChI is InChI=1S/C19H23ClFN3O2/c1-2-24-8-12-13(9-24)18(12)11(10-3-4-15(21)14(20)5-10)6-17(25)16-7-22-19(26)23-16/h3-5,11-13,16,18H,2,6-9H2,1H3,(H2,22,23,26)/t11?,12?,13?,16-,18?/m0/s1. The average Bonchev–Trinajstić information content (AvgIpc) is 2.98. The molecule has 140 valence electrons. The lowest BCUT2D eigenvalue weighted by molar-refractivity contribution is -0.120. The van der Waals surface area contributed by atoms with Gasteiger partial charge in [0, 0.05) is 26.1 Å². The number of hydrogen-bond acceptors (Lipinski definition) is 3. The zero-order valence-corrected chi connectivity index (χ0v) is 15.4. The molecular weight excluding hydrogens is 357 g/mol. The van der Waals surface area contributed by atoms with Crippen LogP contribution in [0.5, 0.6) is 0 Å². The molecule has 5 nitrogen and oxygen atoms in total. The molecule has 2 heterocycles. The molecule has 0 radical (unpaired) electrons. The Hall–Kier alpha value is -1.66. The van der Waals surface area contributed by atoms with Crippen molar-refractivity contribution in [2.75, 3.05) is 26.2 Å². The second-order valence-electron chi connectivity index (χ2n) is 7.61. The number of piperidine rings is 1. The molecule has 3 fully saturated rings. The maximum absolute atomic E-state index is 13.6. The van der Waals surface area contributed by atoms with E-state index in [0.717, 1.165) is 25.2 Å². The van der Waals surface area contributed by atoms with Crippen molar-refractivity contribution in [2.45, 2.75) is 25.3 Å². The van der Waals surface area contributed by atoms with Crippen molar-refractivity contribution < 1.29 is 14.0 Å². The van der Waals surface area contributed by atoms with Gasteiger partial charge in [-0.1, -0.05) is 24.6 Å². The average molecular weight is 380 g/mol. The first-order chi connectivity index (χ1) is 12.5. The number of nitrogens with one attached hydrogen (secondary N) is 2. The number of fused-ring (bicyclic) bond motifs is 1. The van der Waals surface area contributed by atoms with Crippen LogP contribution in [0.1, 0.15) is 24.8 Å². The molecule has 1 aromatic carbocycles. The van der Waals surface area contributed by atoms with E-state index in [4.69, 9.17) is 11.6 Å². The van der Waals surface area contributed by atoms with E-state index < -0.39 is 11.9 Å². The van der Waals surface area contributed by atoms with Crippen molar-refractivity contribution in [1.82, 2.24) is 15.5 Å². The largest absolute Gasteiger partial charge is 0.336 e. The minimum Gasteiger partial charge on any atom is -0.336 e. The highest BCUT2D eigenvalue weighted by Crippen LogP contribution is 2.59. The normalized spacial score (nSPS) is 31.3. The van der Waals surface area contributed by atoms with Crippen LogP contribution in [0.25, 0.3) is 0 Å². The first kappa shape index (κ1) is 17.7. The predicted octanol–water partition coefficient (Wildman–Crippen LogP) is 2.40. The lowest BCUT2D eigenvalue weighted by atomic mass is 9.85. The summed E-state index contributed by atoms with van der Waals surface area (Å²) in [7, 11) is 0. The molecule has 26 heavy (non-hydrogen) atoms. The van der Waals surface area contributed by atoms with Crippen molar-refractivity contribution in [3.63, 3.8) is 0 Å². The Morgan fingerprint density at radius 2 is 2.12 bits per heavy atom. The van der Waals surface area contributed by atoms with E-state index >= 15 is 0 Å². The number of carbonyl (C=O) groups excluding carboxylic acids is 2. The van der Waals surface area contributed by atoms with Gasteiger partial charge in [0.1, 0.15) is 11.9 Å². The van der Waals surface area contributed by atoms with Gasteiger partial charge in [-0.25, -0.2) is 9.18 Å². The molecule has 0 aromatic heterocycles. The number of hydrogen-bond donors (Lipinski definition) is 2. The Bertz CT molecular complexity index is 731. The molecule has 0 spiro atoms. The third-order valence-electron chi connectivity index (χ3n) is 6.20. The summed E-state index contributed by atoms with van der Waals surface area (Å²) in [6.45, 7) is 5.66. The zero-order chi connectivity index (χ0) is 18.4. The van der Waals surface area contributed by atoms with Crippen LogP contribution in [0, 0.1) is 23.6 Å². The van der Waals surface area contributed by atoms with Crippen LogP contribution in [0.2, 0.25) is 5.02 Å². The fraction of sp³-hybridized carbons (Fsp3) is 0.579. The monoisotopic (exact) mass is 379 g/mol. The molecule has 3 unspecified atom stereocenters. The third kappa shape index (κ3) is 3.21. The molecule has 4 rings (SSSR count). The summed E-state index contributed by atoms with van der Waals surface area (Å²) in [5, 5.41) is 5.39. The van der Waals surface area contributed by atoms with Crippen LogP contribution in [0.4, 0.5) is 9.18 Å². The third-order valence-corrected chi connectivity index (χ3v) is 6.49. The highest BCUT2D eigenvalue weighted by Gasteiger charge is 2.58. The van der Waals surface area contributed by atoms with Crippen LogP contribution >= 0.6 is 11.6 Å². The summed E-state index contributed by atoms with van der Waals surface area (Å²) in [5.41, 5.74) is 0.921. The fourth-order valence-corrected chi connectivity index (χ4v) is 4.93. The summed E-state index contributed by atoms with van der Waals surface area (Å²) in [5.74, 6) is 1.20. The summed E-state index contributed by atoms with van der Waals surface area (Å²) in [6.07, 6.45) is 0.346. The van der Waals surface area contributed by atoms with Crippen molar-refractivity contribution in [3.8, 4) is 0 Å². The van der Waals surface area contributed by atoms with E-state index in [-0.39, 0.29) is 22.8 Å². The lowest BCUT2D eigenvalue weighted by Gasteiger charge is -2.24. The number of halogens is 2. The Labute approximate surface area is 157 Å². The Balaban J connectivity index is 1.53. The van der Waals surface area contributed by atoms with Gasteiger partial charge in [0.2, 0.25) is 0 Å². The minimum atomic E-state index is -0.480. The maximum atomic E-state index is 13.6. The molecule has 3 aliphatic rings.